The highest BCUT2D eigenvalue weighted by Gasteiger charge is 2.15. The SMILES string of the molecule is Cc1ccnc(CC(C)N(C)Cc2cn[nH]c2-c2cccs2)c1. The lowest BCUT2D eigenvalue weighted by atomic mass is 10.1. The second kappa shape index (κ2) is 7.06. The van der Waals surface area contributed by atoms with E-state index in [9.17, 15) is 0 Å². The number of hydrogen-bond acceptors (Lipinski definition) is 4. The highest BCUT2D eigenvalue weighted by molar-refractivity contribution is 7.13. The second-order valence-electron chi connectivity index (χ2n) is 6.04. The summed E-state index contributed by atoms with van der Waals surface area (Å²) in [6.45, 7) is 5.23. The topological polar surface area (TPSA) is 44.8 Å². The molecule has 0 spiro atoms. The summed E-state index contributed by atoms with van der Waals surface area (Å²) in [6.07, 6.45) is 4.77. The molecule has 4 nitrogen and oxygen atoms in total. The predicted molar refractivity (Wildman–Crippen MR) is 95.5 cm³/mol. The third-order valence-corrected chi connectivity index (χ3v) is 5.02. The number of aromatic nitrogens is 3. The average Bonchev–Trinajstić information content (AvgIpc) is 3.17. The molecule has 1 unspecified atom stereocenters. The molecular weight excluding hydrogens is 304 g/mol. The van der Waals surface area contributed by atoms with E-state index in [-0.39, 0.29) is 0 Å². The van der Waals surface area contributed by atoms with Gasteiger partial charge in [0.25, 0.3) is 0 Å². The van der Waals surface area contributed by atoms with Gasteiger partial charge in [-0.05, 0) is 50.0 Å². The maximum atomic E-state index is 4.47. The highest BCUT2D eigenvalue weighted by Crippen LogP contribution is 2.26. The lowest BCUT2D eigenvalue weighted by Gasteiger charge is -2.24. The molecule has 0 aliphatic rings. The van der Waals surface area contributed by atoms with Crippen LogP contribution in [0.2, 0.25) is 0 Å². The van der Waals surface area contributed by atoms with Gasteiger partial charge >= 0.3 is 0 Å². The average molecular weight is 326 g/mol. The fourth-order valence-electron chi connectivity index (χ4n) is 2.66. The van der Waals surface area contributed by atoms with Crippen LogP contribution in [0.3, 0.4) is 0 Å². The van der Waals surface area contributed by atoms with E-state index in [0.717, 1.165) is 24.4 Å². The molecule has 0 saturated heterocycles. The molecule has 1 atom stereocenters. The summed E-state index contributed by atoms with van der Waals surface area (Å²) in [6, 6.07) is 8.81. The van der Waals surface area contributed by atoms with Crippen LogP contribution < -0.4 is 0 Å². The van der Waals surface area contributed by atoms with Crippen molar-refractivity contribution in [2.24, 2.45) is 0 Å². The minimum Gasteiger partial charge on any atom is -0.299 e. The third-order valence-electron chi connectivity index (χ3n) is 4.13. The van der Waals surface area contributed by atoms with Crippen molar-refractivity contribution in [1.29, 1.82) is 0 Å². The molecule has 0 aliphatic heterocycles. The number of pyridine rings is 1. The van der Waals surface area contributed by atoms with Gasteiger partial charge in [-0.25, -0.2) is 0 Å². The van der Waals surface area contributed by atoms with Gasteiger partial charge in [-0.2, -0.15) is 5.10 Å². The number of aromatic amines is 1. The Morgan fingerprint density at radius 1 is 1.35 bits per heavy atom. The summed E-state index contributed by atoms with van der Waals surface area (Å²) in [5, 5.41) is 9.45. The number of nitrogens with zero attached hydrogens (tertiary/aromatic N) is 3. The van der Waals surface area contributed by atoms with Crippen LogP contribution in [0.1, 0.15) is 23.7 Å². The van der Waals surface area contributed by atoms with Crippen molar-refractivity contribution in [1.82, 2.24) is 20.1 Å². The van der Waals surface area contributed by atoms with Crippen molar-refractivity contribution in [2.45, 2.75) is 32.9 Å². The van der Waals surface area contributed by atoms with E-state index < -0.39 is 0 Å². The third kappa shape index (κ3) is 3.86. The summed E-state index contributed by atoms with van der Waals surface area (Å²) >= 11 is 1.73. The smallest absolute Gasteiger partial charge is 0.0794 e. The van der Waals surface area contributed by atoms with E-state index in [0.29, 0.717) is 6.04 Å². The van der Waals surface area contributed by atoms with Crippen molar-refractivity contribution in [3.63, 3.8) is 0 Å². The first-order valence-corrected chi connectivity index (χ1v) is 8.69. The van der Waals surface area contributed by atoms with Crippen LogP contribution in [0.5, 0.6) is 0 Å². The van der Waals surface area contributed by atoms with Gasteiger partial charge < -0.3 is 0 Å². The zero-order valence-corrected chi connectivity index (χ0v) is 14.6. The van der Waals surface area contributed by atoms with E-state index in [1.165, 1.54) is 16.0 Å². The highest BCUT2D eigenvalue weighted by atomic mass is 32.1. The Bertz CT molecular complexity index is 748. The van der Waals surface area contributed by atoms with Crippen LogP contribution >= 0.6 is 11.3 Å². The van der Waals surface area contributed by atoms with Crippen LogP contribution in [-0.4, -0.2) is 33.2 Å². The van der Waals surface area contributed by atoms with Gasteiger partial charge in [-0.15, -0.1) is 11.3 Å². The molecule has 23 heavy (non-hydrogen) atoms. The zero-order chi connectivity index (χ0) is 16.2. The molecule has 0 saturated carbocycles. The fourth-order valence-corrected chi connectivity index (χ4v) is 3.41. The second-order valence-corrected chi connectivity index (χ2v) is 6.99. The standard InChI is InChI=1S/C18H22N4S/c1-13-6-7-19-16(9-13)10-14(2)22(3)12-15-11-20-21-18(15)17-5-4-8-23-17/h4-9,11,14H,10,12H2,1-3H3,(H,20,21). The summed E-state index contributed by atoms with van der Waals surface area (Å²) < 4.78 is 0. The Morgan fingerprint density at radius 2 is 2.22 bits per heavy atom. The van der Waals surface area contributed by atoms with Crippen LogP contribution in [0, 0.1) is 6.92 Å². The summed E-state index contributed by atoms with van der Waals surface area (Å²) in [4.78, 5) is 8.06. The summed E-state index contributed by atoms with van der Waals surface area (Å²) in [5.74, 6) is 0. The quantitative estimate of drug-likeness (QED) is 0.747. The van der Waals surface area contributed by atoms with E-state index in [1.54, 1.807) is 11.3 Å². The van der Waals surface area contributed by atoms with Crippen LogP contribution in [-0.2, 0) is 13.0 Å². The molecule has 0 amide bonds. The first-order chi connectivity index (χ1) is 11.1. The Kier molecular flexibility index (Phi) is 4.88. The molecule has 0 fully saturated rings. The minimum absolute atomic E-state index is 0.412. The number of H-pyrrole nitrogens is 1. The van der Waals surface area contributed by atoms with E-state index in [1.807, 2.05) is 18.5 Å². The molecule has 3 heterocycles. The molecule has 120 valence electrons. The van der Waals surface area contributed by atoms with Gasteiger partial charge in [0, 0.05) is 36.5 Å². The Hall–Kier alpha value is -1.98. The molecule has 0 aromatic carbocycles. The van der Waals surface area contributed by atoms with Gasteiger partial charge in [0.15, 0.2) is 0 Å². The van der Waals surface area contributed by atoms with Crippen LogP contribution in [0.25, 0.3) is 10.6 Å². The molecule has 3 aromatic heterocycles. The van der Waals surface area contributed by atoms with Gasteiger partial charge in [0.05, 0.1) is 16.8 Å². The first kappa shape index (κ1) is 15.9. The maximum Gasteiger partial charge on any atom is 0.0794 e. The number of likely N-dealkylation sites (N-methyl/N-ethyl adjacent to an activating group) is 1. The first-order valence-electron chi connectivity index (χ1n) is 7.81. The predicted octanol–water partition coefficient (Wildman–Crippen LogP) is 3.90. The maximum absolute atomic E-state index is 4.47. The molecule has 3 rings (SSSR count). The number of hydrogen-bond donors (Lipinski definition) is 1. The number of aryl methyl sites for hydroxylation is 1. The van der Waals surface area contributed by atoms with Gasteiger partial charge in [-0.1, -0.05) is 6.07 Å². The Balaban J connectivity index is 1.67. The zero-order valence-electron chi connectivity index (χ0n) is 13.8. The van der Waals surface area contributed by atoms with Crippen LogP contribution in [0.4, 0.5) is 0 Å². The number of thiophene rings is 1. The van der Waals surface area contributed by atoms with Crippen molar-refractivity contribution >= 4 is 11.3 Å². The Morgan fingerprint density at radius 3 is 2.96 bits per heavy atom. The van der Waals surface area contributed by atoms with Gasteiger partial charge in [-0.3, -0.25) is 15.0 Å². The molecule has 0 bridgehead atoms. The van der Waals surface area contributed by atoms with Crippen LogP contribution in [0.15, 0.2) is 42.0 Å². The van der Waals surface area contributed by atoms with E-state index in [2.05, 4.69) is 64.6 Å². The summed E-state index contributed by atoms with van der Waals surface area (Å²) in [5.41, 5.74) is 4.78. The number of rotatable bonds is 6. The fraction of sp³-hybridized carbons (Fsp3) is 0.333. The monoisotopic (exact) mass is 326 g/mol. The molecule has 5 heteroatoms. The molecule has 0 radical (unpaired) electrons. The number of nitrogens with one attached hydrogen (secondary N) is 1. The van der Waals surface area contributed by atoms with Crippen molar-refractivity contribution < 1.29 is 0 Å². The van der Waals surface area contributed by atoms with E-state index >= 15 is 0 Å². The van der Waals surface area contributed by atoms with Crippen molar-refractivity contribution in [3.05, 3.63) is 58.9 Å². The largest absolute Gasteiger partial charge is 0.299 e. The van der Waals surface area contributed by atoms with Gasteiger partial charge in [0.2, 0.25) is 0 Å². The van der Waals surface area contributed by atoms with Crippen molar-refractivity contribution in [3.8, 4) is 10.6 Å². The minimum atomic E-state index is 0.412. The molecule has 3 aromatic rings. The lowest BCUT2D eigenvalue weighted by molar-refractivity contribution is 0.247. The van der Waals surface area contributed by atoms with E-state index in [4.69, 9.17) is 0 Å². The Labute approximate surface area is 141 Å². The van der Waals surface area contributed by atoms with Gasteiger partial charge in [0.1, 0.15) is 0 Å². The van der Waals surface area contributed by atoms with Crippen molar-refractivity contribution in [2.75, 3.05) is 7.05 Å². The summed E-state index contributed by atoms with van der Waals surface area (Å²) in [7, 11) is 2.16. The molecule has 1 N–H and O–H groups in total. The normalized spacial score (nSPS) is 12.7. The lowest BCUT2D eigenvalue weighted by Crippen LogP contribution is -2.30. The molecule has 0 aliphatic carbocycles. The molecular formula is C18H22N4S.